The second-order valence-electron chi connectivity index (χ2n) is 3.67. The molecule has 4 nitrogen and oxygen atoms in total. The van der Waals surface area contributed by atoms with E-state index in [4.69, 9.17) is 0 Å². The van der Waals surface area contributed by atoms with Gasteiger partial charge in [-0.3, -0.25) is 9.59 Å². The van der Waals surface area contributed by atoms with E-state index in [9.17, 15) is 9.59 Å². The number of rotatable bonds is 2. The second kappa shape index (κ2) is 4.82. The van der Waals surface area contributed by atoms with Crippen LogP contribution in [0.2, 0.25) is 0 Å². The van der Waals surface area contributed by atoms with Crippen molar-refractivity contribution in [3.05, 3.63) is 33.4 Å². The van der Waals surface area contributed by atoms with Crippen LogP contribution in [-0.4, -0.2) is 24.4 Å². The SMILES string of the molecule is O=C1CNC(=O)[C@H](Cc2ccc(I)cc2)N1. The van der Waals surface area contributed by atoms with Crippen molar-refractivity contribution in [2.45, 2.75) is 12.5 Å². The Bertz CT molecular complexity index is 416. The van der Waals surface area contributed by atoms with Crippen LogP contribution in [0.1, 0.15) is 5.56 Å². The minimum Gasteiger partial charge on any atom is -0.345 e. The summed E-state index contributed by atoms with van der Waals surface area (Å²) in [7, 11) is 0. The molecule has 1 fully saturated rings. The zero-order chi connectivity index (χ0) is 11.5. The number of carbonyl (C=O) groups is 2. The van der Waals surface area contributed by atoms with Crippen LogP contribution in [0.15, 0.2) is 24.3 Å². The normalized spacial score (nSPS) is 20.2. The van der Waals surface area contributed by atoms with Gasteiger partial charge in [0.2, 0.25) is 11.8 Å². The van der Waals surface area contributed by atoms with Crippen LogP contribution in [0.25, 0.3) is 0 Å². The number of hydrogen-bond donors (Lipinski definition) is 2. The van der Waals surface area contributed by atoms with Gasteiger partial charge in [0.15, 0.2) is 0 Å². The molecule has 1 heterocycles. The first-order chi connectivity index (χ1) is 7.65. The summed E-state index contributed by atoms with van der Waals surface area (Å²) < 4.78 is 1.15. The number of halogens is 1. The van der Waals surface area contributed by atoms with Crippen LogP contribution in [0.4, 0.5) is 0 Å². The number of piperazine rings is 1. The summed E-state index contributed by atoms with van der Waals surface area (Å²) in [5.41, 5.74) is 1.04. The van der Waals surface area contributed by atoms with Gasteiger partial charge < -0.3 is 10.6 Å². The molecule has 0 aromatic heterocycles. The molecule has 2 rings (SSSR count). The van der Waals surface area contributed by atoms with Gasteiger partial charge in [0.1, 0.15) is 6.04 Å². The van der Waals surface area contributed by atoms with Crippen LogP contribution in [-0.2, 0) is 16.0 Å². The first-order valence-corrected chi connectivity index (χ1v) is 6.04. The lowest BCUT2D eigenvalue weighted by Gasteiger charge is -2.23. The van der Waals surface area contributed by atoms with Crippen molar-refractivity contribution in [3.8, 4) is 0 Å². The molecule has 0 aliphatic carbocycles. The van der Waals surface area contributed by atoms with Crippen molar-refractivity contribution in [1.82, 2.24) is 10.6 Å². The van der Waals surface area contributed by atoms with E-state index in [1.54, 1.807) is 0 Å². The predicted molar refractivity (Wildman–Crippen MR) is 67.8 cm³/mol. The molecular weight excluding hydrogens is 319 g/mol. The Morgan fingerprint density at radius 1 is 1.25 bits per heavy atom. The summed E-state index contributed by atoms with van der Waals surface area (Å²) >= 11 is 2.23. The molecule has 5 heteroatoms. The van der Waals surface area contributed by atoms with Crippen molar-refractivity contribution < 1.29 is 9.59 Å². The Labute approximate surface area is 107 Å². The third-order valence-electron chi connectivity index (χ3n) is 2.43. The Balaban J connectivity index is 2.05. The molecule has 2 amide bonds. The average Bonchev–Trinajstić information content (AvgIpc) is 2.27. The van der Waals surface area contributed by atoms with E-state index < -0.39 is 6.04 Å². The molecule has 1 saturated heterocycles. The van der Waals surface area contributed by atoms with Gasteiger partial charge >= 0.3 is 0 Å². The molecule has 16 heavy (non-hydrogen) atoms. The first kappa shape index (κ1) is 11.4. The van der Waals surface area contributed by atoms with Crippen LogP contribution >= 0.6 is 22.6 Å². The van der Waals surface area contributed by atoms with E-state index >= 15 is 0 Å². The fourth-order valence-corrected chi connectivity index (χ4v) is 1.96. The lowest BCUT2D eigenvalue weighted by atomic mass is 10.0. The molecule has 1 aliphatic rings. The largest absolute Gasteiger partial charge is 0.345 e. The van der Waals surface area contributed by atoms with Gasteiger partial charge in [-0.25, -0.2) is 0 Å². The quantitative estimate of drug-likeness (QED) is 0.774. The monoisotopic (exact) mass is 330 g/mol. The fourth-order valence-electron chi connectivity index (χ4n) is 1.60. The summed E-state index contributed by atoms with van der Waals surface area (Å²) in [6.07, 6.45) is 0.536. The molecule has 1 aromatic rings. The summed E-state index contributed by atoms with van der Waals surface area (Å²) in [4.78, 5) is 22.6. The van der Waals surface area contributed by atoms with Crippen molar-refractivity contribution in [3.63, 3.8) is 0 Å². The summed E-state index contributed by atoms with van der Waals surface area (Å²) in [6, 6.07) is 7.46. The Kier molecular flexibility index (Phi) is 3.42. The highest BCUT2D eigenvalue weighted by atomic mass is 127. The molecule has 0 bridgehead atoms. The number of hydrogen-bond acceptors (Lipinski definition) is 2. The highest BCUT2D eigenvalue weighted by Gasteiger charge is 2.25. The second-order valence-corrected chi connectivity index (χ2v) is 4.91. The van der Waals surface area contributed by atoms with Gasteiger partial charge in [-0.15, -0.1) is 0 Å². The number of benzene rings is 1. The standard InChI is InChI=1S/C11H11IN2O2/c12-8-3-1-7(2-4-8)5-9-11(16)13-6-10(15)14-9/h1-4,9H,5-6H2,(H,13,16)(H,14,15)/t9-/m0/s1. The van der Waals surface area contributed by atoms with Crippen molar-refractivity contribution >= 4 is 34.4 Å². The average molecular weight is 330 g/mol. The zero-order valence-electron chi connectivity index (χ0n) is 8.50. The Hall–Kier alpha value is -1.11. The highest BCUT2D eigenvalue weighted by Crippen LogP contribution is 2.09. The van der Waals surface area contributed by atoms with Crippen molar-refractivity contribution in [2.24, 2.45) is 0 Å². The molecule has 2 N–H and O–H groups in total. The Morgan fingerprint density at radius 3 is 2.62 bits per heavy atom. The Morgan fingerprint density at radius 2 is 1.94 bits per heavy atom. The van der Waals surface area contributed by atoms with Gasteiger partial charge in [0.25, 0.3) is 0 Å². The molecule has 0 unspecified atom stereocenters. The fraction of sp³-hybridized carbons (Fsp3) is 0.273. The summed E-state index contributed by atoms with van der Waals surface area (Å²) in [5, 5.41) is 5.24. The molecule has 0 spiro atoms. The van der Waals surface area contributed by atoms with Gasteiger partial charge in [-0.2, -0.15) is 0 Å². The van der Waals surface area contributed by atoms with Crippen LogP contribution in [0, 0.1) is 3.57 Å². The van der Waals surface area contributed by atoms with E-state index in [0.29, 0.717) is 6.42 Å². The summed E-state index contributed by atoms with van der Waals surface area (Å²) in [5.74, 6) is -0.242. The number of nitrogens with one attached hydrogen (secondary N) is 2. The van der Waals surface area contributed by atoms with Crippen LogP contribution in [0.5, 0.6) is 0 Å². The molecular formula is C11H11IN2O2. The van der Waals surface area contributed by atoms with E-state index in [1.165, 1.54) is 0 Å². The van der Waals surface area contributed by atoms with Gasteiger partial charge in [0.05, 0.1) is 6.54 Å². The zero-order valence-corrected chi connectivity index (χ0v) is 10.7. The number of carbonyl (C=O) groups excluding carboxylic acids is 2. The van der Waals surface area contributed by atoms with Gasteiger partial charge in [-0.05, 0) is 40.3 Å². The molecule has 1 aliphatic heterocycles. The molecule has 1 aromatic carbocycles. The van der Waals surface area contributed by atoms with Crippen molar-refractivity contribution in [1.29, 1.82) is 0 Å². The molecule has 0 saturated carbocycles. The first-order valence-electron chi connectivity index (χ1n) is 4.96. The lowest BCUT2D eigenvalue weighted by Crippen LogP contribution is -2.56. The topological polar surface area (TPSA) is 58.2 Å². The van der Waals surface area contributed by atoms with E-state index in [2.05, 4.69) is 33.2 Å². The smallest absolute Gasteiger partial charge is 0.243 e. The van der Waals surface area contributed by atoms with Gasteiger partial charge in [0, 0.05) is 9.99 Å². The lowest BCUT2D eigenvalue weighted by molar-refractivity contribution is -0.133. The van der Waals surface area contributed by atoms with E-state index in [0.717, 1.165) is 9.13 Å². The van der Waals surface area contributed by atoms with Gasteiger partial charge in [-0.1, -0.05) is 12.1 Å². The van der Waals surface area contributed by atoms with E-state index in [-0.39, 0.29) is 18.4 Å². The van der Waals surface area contributed by atoms with E-state index in [1.807, 2.05) is 24.3 Å². The maximum Gasteiger partial charge on any atom is 0.243 e. The maximum absolute atomic E-state index is 11.5. The number of amides is 2. The molecule has 84 valence electrons. The third-order valence-corrected chi connectivity index (χ3v) is 3.15. The molecule has 1 atom stereocenters. The minimum absolute atomic E-state index is 0.0853. The predicted octanol–water partition coefficient (Wildman–Crippen LogP) is 0.448. The third kappa shape index (κ3) is 2.72. The maximum atomic E-state index is 11.5. The summed E-state index contributed by atoms with van der Waals surface area (Å²) in [6.45, 7) is 0.0853. The minimum atomic E-state index is -0.443. The molecule has 0 radical (unpaired) electrons. The van der Waals surface area contributed by atoms with Crippen molar-refractivity contribution in [2.75, 3.05) is 6.54 Å². The van der Waals surface area contributed by atoms with Crippen LogP contribution < -0.4 is 10.6 Å². The van der Waals surface area contributed by atoms with Crippen LogP contribution in [0.3, 0.4) is 0 Å². The highest BCUT2D eigenvalue weighted by molar-refractivity contribution is 14.1.